The van der Waals surface area contributed by atoms with Crippen LogP contribution in [0.25, 0.3) is 0 Å². The summed E-state index contributed by atoms with van der Waals surface area (Å²) in [4.78, 5) is 28.6. The molecule has 1 unspecified atom stereocenters. The van der Waals surface area contributed by atoms with Crippen LogP contribution in [-0.2, 0) is 16.1 Å². The lowest BCUT2D eigenvalue weighted by Crippen LogP contribution is -2.38. The number of nitrogens with zero attached hydrogens (tertiary/aromatic N) is 2. The van der Waals surface area contributed by atoms with Crippen LogP contribution in [0.3, 0.4) is 0 Å². The van der Waals surface area contributed by atoms with E-state index in [-0.39, 0.29) is 17.7 Å². The molecule has 1 saturated heterocycles. The number of hydrogen-bond acceptors (Lipinski definition) is 2. The Balaban J connectivity index is 1.98. The summed E-state index contributed by atoms with van der Waals surface area (Å²) in [5, 5.41) is 0.685. The maximum atomic E-state index is 12.6. The Morgan fingerprint density at radius 1 is 1.22 bits per heavy atom. The summed E-state index contributed by atoms with van der Waals surface area (Å²) in [6.07, 6.45) is 2.22. The minimum atomic E-state index is -0.201. The van der Waals surface area contributed by atoms with E-state index in [0.29, 0.717) is 24.5 Å². The molecule has 23 heavy (non-hydrogen) atoms. The van der Waals surface area contributed by atoms with Crippen LogP contribution in [0.5, 0.6) is 0 Å². The number of likely N-dealkylation sites (tertiary alicyclic amines) is 1. The van der Waals surface area contributed by atoms with Crippen molar-refractivity contribution in [2.24, 2.45) is 5.92 Å². The van der Waals surface area contributed by atoms with Crippen LogP contribution in [0.4, 0.5) is 0 Å². The van der Waals surface area contributed by atoms with Gasteiger partial charge in [-0.1, -0.05) is 37.6 Å². The van der Waals surface area contributed by atoms with Crippen LogP contribution in [0.1, 0.15) is 38.7 Å². The molecule has 126 valence electrons. The summed E-state index contributed by atoms with van der Waals surface area (Å²) in [7, 11) is 0. The van der Waals surface area contributed by atoms with Crippen molar-refractivity contribution in [2.75, 3.05) is 19.6 Å². The van der Waals surface area contributed by atoms with Crippen molar-refractivity contribution >= 4 is 23.4 Å². The summed E-state index contributed by atoms with van der Waals surface area (Å²) in [6, 6.07) is 7.49. The smallest absolute Gasteiger partial charge is 0.227 e. The van der Waals surface area contributed by atoms with E-state index in [1.807, 2.05) is 29.2 Å². The minimum absolute atomic E-state index is 0.0613. The molecule has 1 atom stereocenters. The van der Waals surface area contributed by atoms with Gasteiger partial charge in [0.25, 0.3) is 0 Å². The fraction of sp³-hybridized carbons (Fsp3) is 0.556. The average molecular weight is 337 g/mol. The van der Waals surface area contributed by atoms with E-state index in [1.165, 1.54) is 0 Å². The SMILES string of the molecule is CCCN(CCC)C(=O)C1CC(=O)N(Cc2ccc(Cl)cc2)C1. The van der Waals surface area contributed by atoms with Gasteiger partial charge in [-0.05, 0) is 30.5 Å². The van der Waals surface area contributed by atoms with Crippen molar-refractivity contribution in [1.82, 2.24) is 9.80 Å². The second-order valence-electron chi connectivity index (χ2n) is 6.13. The first-order valence-corrected chi connectivity index (χ1v) is 8.74. The van der Waals surface area contributed by atoms with Crippen molar-refractivity contribution in [3.05, 3.63) is 34.9 Å². The molecule has 0 saturated carbocycles. The average Bonchev–Trinajstić information content (AvgIpc) is 2.89. The van der Waals surface area contributed by atoms with Crippen molar-refractivity contribution < 1.29 is 9.59 Å². The highest BCUT2D eigenvalue weighted by molar-refractivity contribution is 6.30. The normalized spacial score (nSPS) is 17.6. The summed E-state index contributed by atoms with van der Waals surface area (Å²) < 4.78 is 0. The van der Waals surface area contributed by atoms with Crippen LogP contribution in [-0.4, -0.2) is 41.2 Å². The van der Waals surface area contributed by atoms with Crippen LogP contribution in [0, 0.1) is 5.92 Å². The Morgan fingerprint density at radius 3 is 2.39 bits per heavy atom. The summed E-state index contributed by atoms with van der Waals surface area (Å²) in [6.45, 7) is 6.75. The summed E-state index contributed by atoms with van der Waals surface area (Å²) >= 11 is 5.89. The predicted molar refractivity (Wildman–Crippen MR) is 92.1 cm³/mol. The molecule has 1 aliphatic rings. The molecule has 0 bridgehead atoms. The van der Waals surface area contributed by atoms with Gasteiger partial charge in [-0.15, -0.1) is 0 Å². The zero-order valence-electron chi connectivity index (χ0n) is 13.9. The first kappa shape index (κ1) is 17.8. The molecule has 0 N–H and O–H groups in total. The van der Waals surface area contributed by atoms with E-state index < -0.39 is 0 Å². The number of rotatable bonds is 7. The van der Waals surface area contributed by atoms with E-state index in [9.17, 15) is 9.59 Å². The van der Waals surface area contributed by atoms with Crippen LogP contribution in [0.15, 0.2) is 24.3 Å². The Hall–Kier alpha value is -1.55. The van der Waals surface area contributed by atoms with E-state index in [4.69, 9.17) is 11.6 Å². The minimum Gasteiger partial charge on any atom is -0.342 e. The molecule has 1 aromatic carbocycles. The molecule has 0 radical (unpaired) electrons. The van der Waals surface area contributed by atoms with Crippen molar-refractivity contribution in [2.45, 2.75) is 39.7 Å². The first-order chi connectivity index (χ1) is 11.0. The van der Waals surface area contributed by atoms with Crippen molar-refractivity contribution in [1.29, 1.82) is 0 Å². The highest BCUT2D eigenvalue weighted by Crippen LogP contribution is 2.23. The van der Waals surface area contributed by atoms with Gasteiger partial charge in [-0.3, -0.25) is 9.59 Å². The van der Waals surface area contributed by atoms with Gasteiger partial charge in [0.1, 0.15) is 0 Å². The van der Waals surface area contributed by atoms with E-state index in [2.05, 4.69) is 13.8 Å². The fourth-order valence-electron chi connectivity index (χ4n) is 3.03. The number of amides is 2. The molecule has 5 heteroatoms. The standard InChI is InChI=1S/C18H25ClN2O2/c1-3-9-20(10-4-2)18(23)15-11-17(22)21(13-15)12-14-5-7-16(19)8-6-14/h5-8,15H,3-4,9-13H2,1-2H3. The molecule has 1 aliphatic heterocycles. The lowest BCUT2D eigenvalue weighted by molar-refractivity contribution is -0.136. The third-order valence-corrected chi connectivity index (χ3v) is 4.40. The number of carbonyl (C=O) groups excluding carboxylic acids is 2. The van der Waals surface area contributed by atoms with Gasteiger partial charge in [-0.25, -0.2) is 0 Å². The lowest BCUT2D eigenvalue weighted by Gasteiger charge is -2.24. The molecule has 0 aliphatic carbocycles. The van der Waals surface area contributed by atoms with Crippen LogP contribution in [0.2, 0.25) is 5.02 Å². The number of halogens is 1. The number of carbonyl (C=O) groups is 2. The monoisotopic (exact) mass is 336 g/mol. The molecular weight excluding hydrogens is 312 g/mol. The Bertz CT molecular complexity index is 538. The van der Waals surface area contributed by atoms with Gasteiger partial charge in [0, 0.05) is 37.6 Å². The molecule has 1 aromatic rings. The van der Waals surface area contributed by atoms with Gasteiger partial charge >= 0.3 is 0 Å². The quantitative estimate of drug-likeness (QED) is 0.766. The molecule has 1 fully saturated rings. The van der Waals surface area contributed by atoms with E-state index >= 15 is 0 Å². The number of hydrogen-bond donors (Lipinski definition) is 0. The van der Waals surface area contributed by atoms with Crippen LogP contribution >= 0.6 is 11.6 Å². The summed E-state index contributed by atoms with van der Waals surface area (Å²) in [5.41, 5.74) is 1.04. The van der Waals surface area contributed by atoms with Crippen molar-refractivity contribution in [3.8, 4) is 0 Å². The Kier molecular flexibility index (Phi) is 6.46. The maximum absolute atomic E-state index is 12.6. The van der Waals surface area contributed by atoms with Crippen LogP contribution < -0.4 is 0 Å². The molecule has 4 nitrogen and oxygen atoms in total. The molecule has 0 spiro atoms. The van der Waals surface area contributed by atoms with Gasteiger partial charge in [0.05, 0.1) is 5.92 Å². The number of benzene rings is 1. The second kappa shape index (κ2) is 8.34. The topological polar surface area (TPSA) is 40.6 Å². The van der Waals surface area contributed by atoms with Gasteiger partial charge in [0.2, 0.25) is 11.8 Å². The van der Waals surface area contributed by atoms with Gasteiger partial charge in [0.15, 0.2) is 0 Å². The largest absolute Gasteiger partial charge is 0.342 e. The molecular formula is C18H25ClN2O2. The lowest BCUT2D eigenvalue weighted by atomic mass is 10.1. The highest BCUT2D eigenvalue weighted by atomic mass is 35.5. The van der Waals surface area contributed by atoms with Crippen molar-refractivity contribution in [3.63, 3.8) is 0 Å². The third-order valence-electron chi connectivity index (χ3n) is 4.15. The summed E-state index contributed by atoms with van der Waals surface area (Å²) in [5.74, 6) is -0.0141. The predicted octanol–water partition coefficient (Wildman–Crippen LogP) is 3.34. The third kappa shape index (κ3) is 4.71. The molecule has 0 aromatic heterocycles. The first-order valence-electron chi connectivity index (χ1n) is 8.36. The van der Waals surface area contributed by atoms with E-state index in [1.54, 1.807) is 4.90 Å². The zero-order chi connectivity index (χ0) is 16.8. The van der Waals surface area contributed by atoms with Gasteiger partial charge in [-0.2, -0.15) is 0 Å². The van der Waals surface area contributed by atoms with E-state index in [0.717, 1.165) is 31.5 Å². The molecule has 2 rings (SSSR count). The maximum Gasteiger partial charge on any atom is 0.227 e. The molecule has 1 heterocycles. The molecule has 2 amide bonds. The second-order valence-corrected chi connectivity index (χ2v) is 6.56. The highest BCUT2D eigenvalue weighted by Gasteiger charge is 2.36. The Labute approximate surface area is 143 Å². The Morgan fingerprint density at radius 2 is 1.83 bits per heavy atom. The van der Waals surface area contributed by atoms with Gasteiger partial charge < -0.3 is 9.80 Å². The zero-order valence-corrected chi connectivity index (χ0v) is 14.7. The fourth-order valence-corrected chi connectivity index (χ4v) is 3.16.